The molecule has 0 aliphatic rings. The molecule has 0 fully saturated rings. The summed E-state index contributed by atoms with van der Waals surface area (Å²) in [4.78, 5) is 2.70. The Bertz CT molecular complexity index is 196. The first-order chi connectivity index (χ1) is 4.29. The van der Waals surface area contributed by atoms with Gasteiger partial charge in [0.05, 0.1) is 0 Å². The van der Waals surface area contributed by atoms with Crippen molar-refractivity contribution in [2.24, 2.45) is 0 Å². The van der Waals surface area contributed by atoms with Crippen LogP contribution in [0.25, 0.3) is 0 Å². The minimum Gasteiger partial charge on any atom is -0.348 e. The molecule has 0 aromatic carbocycles. The van der Waals surface area contributed by atoms with E-state index < -0.39 is 11.3 Å². The molecule has 1 aromatic rings. The standard InChI is InChI=1S/C4H6N2O2S/c7-9(8)6-4-2-1-3-5-4/h1-3,5-6H,(H,7,8). The van der Waals surface area contributed by atoms with Crippen molar-refractivity contribution in [2.75, 3.05) is 4.72 Å². The summed E-state index contributed by atoms with van der Waals surface area (Å²) in [6.07, 6.45) is 1.66. The number of nitrogens with one attached hydrogen (secondary N) is 2. The van der Waals surface area contributed by atoms with Crippen LogP contribution in [0.1, 0.15) is 0 Å². The molecular formula is C4H6N2O2S. The van der Waals surface area contributed by atoms with Crippen molar-refractivity contribution in [3.8, 4) is 0 Å². The number of aromatic amines is 1. The van der Waals surface area contributed by atoms with E-state index in [9.17, 15) is 4.21 Å². The van der Waals surface area contributed by atoms with Gasteiger partial charge in [0, 0.05) is 6.20 Å². The second-order valence-corrected chi connectivity index (χ2v) is 2.14. The molecule has 0 bridgehead atoms. The molecule has 50 valence electrons. The average Bonchev–Trinajstić information content (AvgIpc) is 2.15. The van der Waals surface area contributed by atoms with Crippen LogP contribution in [-0.2, 0) is 11.3 Å². The molecule has 0 amide bonds. The molecule has 4 nitrogen and oxygen atoms in total. The lowest BCUT2D eigenvalue weighted by Crippen LogP contribution is -2.01. The summed E-state index contributed by atoms with van der Waals surface area (Å²) in [5, 5.41) is 0. The van der Waals surface area contributed by atoms with Gasteiger partial charge in [-0.15, -0.1) is 0 Å². The van der Waals surface area contributed by atoms with Crippen LogP contribution in [0.15, 0.2) is 18.3 Å². The lowest BCUT2D eigenvalue weighted by atomic mass is 10.6. The maximum atomic E-state index is 10.0. The molecule has 3 N–H and O–H groups in total. The SMILES string of the molecule is O=S(O)Nc1ccc[nH]1. The van der Waals surface area contributed by atoms with Gasteiger partial charge in [0.2, 0.25) is 0 Å². The fraction of sp³-hybridized carbons (Fsp3) is 0. The largest absolute Gasteiger partial charge is 0.348 e. The Labute approximate surface area is 54.7 Å². The summed E-state index contributed by atoms with van der Waals surface area (Å²) in [5.74, 6) is 0.538. The Kier molecular flexibility index (Phi) is 1.86. The van der Waals surface area contributed by atoms with E-state index in [2.05, 4.69) is 9.71 Å². The maximum Gasteiger partial charge on any atom is 0.260 e. The minimum absolute atomic E-state index is 0.538. The summed E-state index contributed by atoms with van der Waals surface area (Å²) in [6.45, 7) is 0. The molecule has 1 heterocycles. The van der Waals surface area contributed by atoms with E-state index in [0.717, 1.165) is 0 Å². The molecule has 0 aliphatic heterocycles. The molecule has 1 unspecified atom stereocenters. The van der Waals surface area contributed by atoms with Crippen LogP contribution in [-0.4, -0.2) is 13.7 Å². The smallest absolute Gasteiger partial charge is 0.260 e. The third kappa shape index (κ3) is 1.87. The number of aromatic nitrogens is 1. The summed E-state index contributed by atoms with van der Waals surface area (Å²) >= 11 is -1.98. The van der Waals surface area contributed by atoms with Crippen molar-refractivity contribution < 1.29 is 8.76 Å². The van der Waals surface area contributed by atoms with Crippen LogP contribution in [0, 0.1) is 0 Å². The van der Waals surface area contributed by atoms with Crippen LogP contribution in [0.5, 0.6) is 0 Å². The molecule has 0 aliphatic carbocycles. The van der Waals surface area contributed by atoms with Gasteiger partial charge in [0.25, 0.3) is 11.3 Å². The zero-order chi connectivity index (χ0) is 6.69. The van der Waals surface area contributed by atoms with Crippen molar-refractivity contribution in [1.82, 2.24) is 4.98 Å². The highest BCUT2D eigenvalue weighted by molar-refractivity contribution is 7.80. The quantitative estimate of drug-likeness (QED) is 0.534. The topological polar surface area (TPSA) is 65.1 Å². The van der Waals surface area contributed by atoms with Crippen molar-refractivity contribution >= 4 is 17.1 Å². The van der Waals surface area contributed by atoms with E-state index >= 15 is 0 Å². The summed E-state index contributed by atoms with van der Waals surface area (Å²) in [6, 6.07) is 3.39. The van der Waals surface area contributed by atoms with Gasteiger partial charge in [0.1, 0.15) is 5.82 Å². The first kappa shape index (κ1) is 6.31. The van der Waals surface area contributed by atoms with Crippen LogP contribution in [0.4, 0.5) is 5.82 Å². The Balaban J connectivity index is 2.58. The molecule has 0 spiro atoms. The molecule has 0 saturated carbocycles. The van der Waals surface area contributed by atoms with Gasteiger partial charge in [-0.1, -0.05) is 0 Å². The lowest BCUT2D eigenvalue weighted by molar-refractivity contribution is 0.570. The number of anilines is 1. The molecule has 9 heavy (non-hydrogen) atoms. The molecule has 0 radical (unpaired) electrons. The van der Waals surface area contributed by atoms with Gasteiger partial charge in [-0.25, -0.2) is 4.21 Å². The third-order valence-electron chi connectivity index (χ3n) is 0.795. The van der Waals surface area contributed by atoms with Gasteiger partial charge in [-0.2, -0.15) is 0 Å². The molecule has 1 aromatic heterocycles. The van der Waals surface area contributed by atoms with Crippen LogP contribution >= 0.6 is 0 Å². The van der Waals surface area contributed by atoms with Crippen LogP contribution in [0.3, 0.4) is 0 Å². The Morgan fingerprint density at radius 3 is 3.00 bits per heavy atom. The summed E-state index contributed by atoms with van der Waals surface area (Å²) < 4.78 is 20.6. The molecule has 1 rings (SSSR count). The predicted octanol–water partition coefficient (Wildman–Crippen LogP) is 0.563. The second kappa shape index (κ2) is 2.65. The summed E-state index contributed by atoms with van der Waals surface area (Å²) in [7, 11) is 0. The highest BCUT2D eigenvalue weighted by Gasteiger charge is 1.91. The van der Waals surface area contributed by atoms with Gasteiger partial charge in [-0.05, 0) is 12.1 Å². The van der Waals surface area contributed by atoms with Gasteiger partial charge >= 0.3 is 0 Å². The van der Waals surface area contributed by atoms with E-state index in [1.54, 1.807) is 18.3 Å². The minimum atomic E-state index is -1.98. The Morgan fingerprint density at radius 1 is 1.78 bits per heavy atom. The first-order valence-corrected chi connectivity index (χ1v) is 3.40. The fourth-order valence-corrected chi connectivity index (χ4v) is 0.803. The number of rotatable bonds is 2. The fourth-order valence-electron chi connectivity index (χ4n) is 0.488. The molecule has 5 heteroatoms. The number of hydrogen-bond donors (Lipinski definition) is 3. The highest BCUT2D eigenvalue weighted by atomic mass is 32.2. The first-order valence-electron chi connectivity index (χ1n) is 2.30. The Morgan fingerprint density at radius 2 is 2.56 bits per heavy atom. The van der Waals surface area contributed by atoms with Crippen LogP contribution in [0.2, 0.25) is 0 Å². The molecule has 1 atom stereocenters. The van der Waals surface area contributed by atoms with Crippen molar-refractivity contribution in [3.05, 3.63) is 18.3 Å². The normalized spacial score (nSPS) is 13.0. The Hall–Kier alpha value is -0.810. The van der Waals surface area contributed by atoms with E-state index in [4.69, 9.17) is 4.55 Å². The van der Waals surface area contributed by atoms with Crippen LogP contribution < -0.4 is 4.72 Å². The van der Waals surface area contributed by atoms with Crippen molar-refractivity contribution in [2.45, 2.75) is 0 Å². The third-order valence-corrected chi connectivity index (χ3v) is 1.19. The van der Waals surface area contributed by atoms with Crippen molar-refractivity contribution in [3.63, 3.8) is 0 Å². The van der Waals surface area contributed by atoms with Gasteiger partial charge in [0.15, 0.2) is 0 Å². The number of hydrogen-bond acceptors (Lipinski definition) is 1. The monoisotopic (exact) mass is 146 g/mol. The number of H-pyrrole nitrogens is 1. The van der Waals surface area contributed by atoms with E-state index in [1.165, 1.54) is 0 Å². The zero-order valence-corrected chi connectivity index (χ0v) is 5.31. The van der Waals surface area contributed by atoms with Gasteiger partial charge in [-0.3, -0.25) is 9.27 Å². The summed E-state index contributed by atoms with van der Waals surface area (Å²) in [5.41, 5.74) is 0. The van der Waals surface area contributed by atoms with E-state index in [0.29, 0.717) is 5.82 Å². The second-order valence-electron chi connectivity index (χ2n) is 1.44. The van der Waals surface area contributed by atoms with E-state index in [-0.39, 0.29) is 0 Å². The lowest BCUT2D eigenvalue weighted by Gasteiger charge is -1.92. The molecule has 0 saturated heterocycles. The predicted molar refractivity (Wildman–Crippen MR) is 35.2 cm³/mol. The van der Waals surface area contributed by atoms with Gasteiger partial charge < -0.3 is 4.98 Å². The van der Waals surface area contributed by atoms with Crippen molar-refractivity contribution in [1.29, 1.82) is 0 Å². The average molecular weight is 146 g/mol. The molecular weight excluding hydrogens is 140 g/mol. The van der Waals surface area contributed by atoms with E-state index in [1.807, 2.05) is 0 Å². The highest BCUT2D eigenvalue weighted by Crippen LogP contribution is 2.00. The maximum absolute atomic E-state index is 10.0. The zero-order valence-electron chi connectivity index (χ0n) is 4.50.